The summed E-state index contributed by atoms with van der Waals surface area (Å²) in [6, 6.07) is 14.4. The molecule has 162 valence electrons. The van der Waals surface area contributed by atoms with Crippen LogP contribution < -0.4 is 15.5 Å². The van der Waals surface area contributed by atoms with Crippen molar-refractivity contribution in [1.29, 1.82) is 0 Å². The van der Waals surface area contributed by atoms with Crippen molar-refractivity contribution in [1.82, 2.24) is 15.3 Å². The minimum absolute atomic E-state index is 0.185. The van der Waals surface area contributed by atoms with E-state index in [1.807, 2.05) is 30.5 Å². The van der Waals surface area contributed by atoms with Crippen LogP contribution in [0.5, 0.6) is 0 Å². The summed E-state index contributed by atoms with van der Waals surface area (Å²) in [6.07, 6.45) is 5.54. The molecule has 32 heavy (non-hydrogen) atoms. The fourth-order valence-corrected chi connectivity index (χ4v) is 5.15. The summed E-state index contributed by atoms with van der Waals surface area (Å²) in [7, 11) is 0. The lowest BCUT2D eigenvalue weighted by Gasteiger charge is -2.28. The highest BCUT2D eigenvalue weighted by Crippen LogP contribution is 2.44. The normalized spacial score (nSPS) is 21.5. The molecule has 2 unspecified atom stereocenters. The van der Waals surface area contributed by atoms with Gasteiger partial charge in [0, 0.05) is 30.1 Å². The maximum atomic E-state index is 14.6. The smallest absolute Gasteiger partial charge is 0.232 e. The van der Waals surface area contributed by atoms with Gasteiger partial charge in [-0.15, -0.1) is 0 Å². The van der Waals surface area contributed by atoms with Gasteiger partial charge in [-0.25, -0.2) is 9.37 Å². The molecule has 1 aromatic heterocycles. The Balaban J connectivity index is 1.31. The van der Waals surface area contributed by atoms with Gasteiger partial charge in [0.05, 0.1) is 12.7 Å². The van der Waals surface area contributed by atoms with Crippen molar-refractivity contribution in [3.63, 3.8) is 0 Å². The van der Waals surface area contributed by atoms with Gasteiger partial charge in [0.2, 0.25) is 5.95 Å². The zero-order chi connectivity index (χ0) is 21.5. The van der Waals surface area contributed by atoms with E-state index >= 15 is 0 Å². The van der Waals surface area contributed by atoms with Crippen molar-refractivity contribution in [2.45, 2.75) is 25.3 Å². The molecule has 6 rings (SSSR count). The van der Waals surface area contributed by atoms with Crippen molar-refractivity contribution < 1.29 is 4.39 Å². The Labute approximate surface area is 186 Å². The Kier molecular flexibility index (Phi) is 4.83. The summed E-state index contributed by atoms with van der Waals surface area (Å²) in [4.78, 5) is 15.4. The molecule has 0 spiro atoms. The number of para-hydroxylation sites is 1. The zero-order valence-corrected chi connectivity index (χ0v) is 17.8. The maximum absolute atomic E-state index is 14.6. The van der Waals surface area contributed by atoms with E-state index in [0.717, 1.165) is 36.6 Å². The fraction of sp³-hybridized carbons (Fsp3) is 0.320. The number of fused-ring (bicyclic) bond motifs is 2. The van der Waals surface area contributed by atoms with Gasteiger partial charge in [-0.3, -0.25) is 4.99 Å². The van der Waals surface area contributed by atoms with E-state index in [9.17, 15) is 4.39 Å². The second-order valence-electron chi connectivity index (χ2n) is 8.76. The molecule has 2 aromatic carbocycles. The highest BCUT2D eigenvalue weighted by atomic mass is 19.1. The highest BCUT2D eigenvalue weighted by molar-refractivity contribution is 5.86. The zero-order valence-electron chi connectivity index (χ0n) is 17.8. The van der Waals surface area contributed by atoms with E-state index in [1.54, 1.807) is 0 Å². The van der Waals surface area contributed by atoms with Gasteiger partial charge in [-0.2, -0.15) is 4.98 Å². The van der Waals surface area contributed by atoms with Crippen LogP contribution in [0.15, 0.2) is 53.7 Å². The number of piperidine rings is 1. The minimum Gasteiger partial charge on any atom is -0.338 e. The van der Waals surface area contributed by atoms with Gasteiger partial charge in [0.25, 0.3) is 0 Å². The Morgan fingerprint density at radius 2 is 2.09 bits per heavy atom. The van der Waals surface area contributed by atoms with Crippen LogP contribution in [-0.4, -0.2) is 35.8 Å². The quantitative estimate of drug-likeness (QED) is 0.639. The van der Waals surface area contributed by atoms with E-state index < -0.39 is 5.82 Å². The molecule has 0 saturated carbocycles. The molecule has 1 fully saturated rings. The van der Waals surface area contributed by atoms with Crippen LogP contribution >= 0.6 is 0 Å². The number of nitrogens with one attached hydrogen (secondary N) is 2. The van der Waals surface area contributed by atoms with Gasteiger partial charge >= 0.3 is 0 Å². The SMILES string of the molecule is Fc1cnc(N2CC(C3CCCNC3)c3ccccc32)nc1Nc1ccc2c(c1)C=NC2. The number of rotatable bonds is 4. The number of hydrogen-bond acceptors (Lipinski definition) is 6. The Morgan fingerprint density at radius 3 is 3.00 bits per heavy atom. The molecule has 3 aliphatic heterocycles. The third-order valence-electron chi connectivity index (χ3n) is 6.78. The standard InChI is InChI=1S/C25H25FN6/c26-22-14-29-25(31-24(22)30-19-8-7-16-11-28-13-18(16)10-19)32-15-21(17-4-3-9-27-12-17)20-5-1-2-6-23(20)32/h1-2,5-8,10,13-14,17,21,27H,3-4,9,11-12,15H2,(H,29,30,31). The number of aromatic nitrogens is 2. The van der Waals surface area contributed by atoms with E-state index in [1.165, 1.54) is 30.2 Å². The molecule has 0 aliphatic carbocycles. The van der Waals surface area contributed by atoms with Crippen molar-refractivity contribution in [2.24, 2.45) is 10.9 Å². The highest BCUT2D eigenvalue weighted by Gasteiger charge is 2.36. The molecular formula is C25H25FN6. The van der Waals surface area contributed by atoms with Crippen LogP contribution in [0.4, 0.5) is 27.5 Å². The molecule has 6 nitrogen and oxygen atoms in total. The number of nitrogens with zero attached hydrogens (tertiary/aromatic N) is 4. The minimum atomic E-state index is -0.469. The van der Waals surface area contributed by atoms with Crippen LogP contribution in [0.2, 0.25) is 0 Å². The van der Waals surface area contributed by atoms with Gasteiger partial charge < -0.3 is 15.5 Å². The topological polar surface area (TPSA) is 65.4 Å². The van der Waals surface area contributed by atoms with Crippen LogP contribution in [0.25, 0.3) is 0 Å². The van der Waals surface area contributed by atoms with Gasteiger partial charge in [-0.1, -0.05) is 24.3 Å². The van der Waals surface area contributed by atoms with Gasteiger partial charge in [0.15, 0.2) is 11.6 Å². The summed E-state index contributed by atoms with van der Waals surface area (Å²) in [5, 5.41) is 6.68. The first-order valence-electron chi connectivity index (χ1n) is 11.3. The molecule has 4 heterocycles. The molecule has 7 heteroatoms. The lowest BCUT2D eigenvalue weighted by molar-refractivity contribution is 0.331. The molecular weight excluding hydrogens is 403 g/mol. The summed E-state index contributed by atoms with van der Waals surface area (Å²) in [5.41, 5.74) is 5.47. The summed E-state index contributed by atoms with van der Waals surface area (Å²) >= 11 is 0. The number of halogens is 1. The number of anilines is 4. The predicted molar refractivity (Wildman–Crippen MR) is 125 cm³/mol. The third kappa shape index (κ3) is 3.42. The van der Waals surface area contributed by atoms with E-state index in [0.29, 0.717) is 24.3 Å². The van der Waals surface area contributed by atoms with Crippen LogP contribution in [-0.2, 0) is 6.54 Å². The lowest BCUT2D eigenvalue weighted by Crippen LogP contribution is -2.34. The first-order chi connectivity index (χ1) is 15.8. The molecule has 2 N–H and O–H groups in total. The molecule has 3 aliphatic rings. The maximum Gasteiger partial charge on any atom is 0.232 e. The average Bonchev–Trinajstić information content (AvgIpc) is 3.46. The molecule has 2 atom stereocenters. The fourth-order valence-electron chi connectivity index (χ4n) is 5.15. The second kappa shape index (κ2) is 7.98. The molecule has 1 saturated heterocycles. The average molecular weight is 429 g/mol. The van der Waals surface area contributed by atoms with E-state index in [2.05, 4.69) is 48.7 Å². The Bertz CT molecular complexity index is 1190. The number of benzene rings is 2. The van der Waals surface area contributed by atoms with Gasteiger partial charge in [-0.05, 0) is 66.7 Å². The van der Waals surface area contributed by atoms with Crippen molar-refractivity contribution >= 4 is 29.4 Å². The van der Waals surface area contributed by atoms with Crippen molar-refractivity contribution in [3.05, 3.63) is 71.2 Å². The van der Waals surface area contributed by atoms with Crippen molar-refractivity contribution in [3.8, 4) is 0 Å². The first-order valence-corrected chi connectivity index (χ1v) is 11.3. The predicted octanol–water partition coefficient (Wildman–Crippen LogP) is 4.53. The van der Waals surface area contributed by atoms with Crippen LogP contribution in [0, 0.1) is 11.7 Å². The molecule has 0 bridgehead atoms. The summed E-state index contributed by atoms with van der Waals surface area (Å²) in [6.45, 7) is 3.64. The number of aliphatic imine (C=N–C) groups is 1. The first kappa shape index (κ1) is 19.4. The monoisotopic (exact) mass is 428 g/mol. The van der Waals surface area contributed by atoms with E-state index in [-0.39, 0.29) is 5.82 Å². The third-order valence-corrected chi connectivity index (χ3v) is 6.78. The lowest BCUT2D eigenvalue weighted by atomic mass is 9.83. The summed E-state index contributed by atoms with van der Waals surface area (Å²) < 4.78 is 14.6. The summed E-state index contributed by atoms with van der Waals surface area (Å²) in [5.74, 6) is 1.24. The Hall–Kier alpha value is -3.32. The molecule has 0 amide bonds. The number of hydrogen-bond donors (Lipinski definition) is 2. The van der Waals surface area contributed by atoms with Crippen LogP contribution in [0.1, 0.15) is 35.4 Å². The molecule has 3 aromatic rings. The van der Waals surface area contributed by atoms with Crippen LogP contribution in [0.3, 0.4) is 0 Å². The second-order valence-corrected chi connectivity index (χ2v) is 8.76. The Morgan fingerprint density at radius 1 is 1.16 bits per heavy atom. The van der Waals surface area contributed by atoms with E-state index in [4.69, 9.17) is 0 Å². The van der Waals surface area contributed by atoms with Crippen molar-refractivity contribution in [2.75, 3.05) is 29.9 Å². The largest absolute Gasteiger partial charge is 0.338 e. The van der Waals surface area contributed by atoms with Gasteiger partial charge in [0.1, 0.15) is 0 Å². The molecule has 0 radical (unpaired) electrons.